The minimum absolute atomic E-state index is 0.793. The summed E-state index contributed by atoms with van der Waals surface area (Å²) < 4.78 is 2.03. The molecule has 1 aromatic carbocycles. The molecule has 0 amide bonds. The molecule has 0 radical (unpaired) electrons. The fraction of sp³-hybridized carbons (Fsp3) is 0.452. The van der Waals surface area contributed by atoms with Crippen molar-refractivity contribution in [1.29, 1.82) is 0 Å². The molecule has 2 aromatic heterocycles. The number of anilines is 1. The van der Waals surface area contributed by atoms with Crippen LogP contribution in [0.3, 0.4) is 0 Å². The standard InChI is InChI=1S/C31H41N5/c1-3-32-23-27-17-13-14-18-28(27)25(2)29-24-36-22-21-34-31(36)30(35-29)33-20-19-26-15-11-9-7-5-4-6-8-10-12-16-26/h3,13-14,17-18,21-24,26H,1-2,4-12,15-16,19-20H2,(H,33,35). The number of nitrogens with zero attached hydrogens (tertiary/aromatic N) is 4. The lowest BCUT2D eigenvalue weighted by atomic mass is 9.90. The van der Waals surface area contributed by atoms with E-state index >= 15 is 0 Å². The van der Waals surface area contributed by atoms with Crippen LogP contribution in [-0.4, -0.2) is 27.1 Å². The topological polar surface area (TPSA) is 54.6 Å². The van der Waals surface area contributed by atoms with Gasteiger partial charge in [-0.15, -0.1) is 0 Å². The predicted molar refractivity (Wildman–Crippen MR) is 153 cm³/mol. The summed E-state index contributed by atoms with van der Waals surface area (Å²) in [6, 6.07) is 8.11. The van der Waals surface area contributed by atoms with Crippen LogP contribution in [0.5, 0.6) is 0 Å². The van der Waals surface area contributed by atoms with E-state index in [1.54, 1.807) is 6.20 Å². The molecule has 3 aromatic rings. The minimum atomic E-state index is 0.793. The molecule has 0 spiro atoms. The van der Waals surface area contributed by atoms with Gasteiger partial charge in [0.1, 0.15) is 0 Å². The van der Waals surface area contributed by atoms with E-state index in [4.69, 9.17) is 4.98 Å². The molecule has 2 heterocycles. The number of imidazole rings is 1. The highest BCUT2D eigenvalue weighted by molar-refractivity contribution is 5.91. The number of rotatable bonds is 8. The van der Waals surface area contributed by atoms with Crippen LogP contribution in [0.25, 0.3) is 11.2 Å². The fourth-order valence-electron chi connectivity index (χ4n) is 5.28. The Morgan fingerprint density at radius 3 is 2.44 bits per heavy atom. The first-order chi connectivity index (χ1) is 17.8. The van der Waals surface area contributed by atoms with Crippen molar-refractivity contribution in [2.45, 2.75) is 77.0 Å². The Hall–Kier alpha value is -3.21. The lowest BCUT2D eigenvalue weighted by molar-refractivity contribution is 0.381. The van der Waals surface area contributed by atoms with Crippen LogP contribution >= 0.6 is 0 Å². The van der Waals surface area contributed by atoms with Gasteiger partial charge in [-0.2, -0.15) is 0 Å². The van der Waals surface area contributed by atoms with Gasteiger partial charge in [0.15, 0.2) is 11.5 Å². The van der Waals surface area contributed by atoms with E-state index in [2.05, 4.69) is 34.5 Å². The quantitative estimate of drug-likeness (QED) is 0.330. The third-order valence-corrected chi connectivity index (χ3v) is 7.36. The van der Waals surface area contributed by atoms with Crippen LogP contribution in [0, 0.1) is 5.92 Å². The Morgan fingerprint density at radius 2 is 1.72 bits per heavy atom. The molecule has 1 aliphatic carbocycles. The highest BCUT2D eigenvalue weighted by Gasteiger charge is 2.14. The number of aromatic nitrogens is 3. The summed E-state index contributed by atoms with van der Waals surface area (Å²) in [7, 11) is 0. The second-order valence-electron chi connectivity index (χ2n) is 10.0. The van der Waals surface area contributed by atoms with Crippen molar-refractivity contribution in [1.82, 2.24) is 14.4 Å². The summed E-state index contributed by atoms with van der Waals surface area (Å²) in [5.74, 6) is 1.62. The number of benzene rings is 1. The van der Waals surface area contributed by atoms with Crippen molar-refractivity contribution in [2.24, 2.45) is 10.9 Å². The summed E-state index contributed by atoms with van der Waals surface area (Å²) in [5, 5.41) is 3.63. The lowest BCUT2D eigenvalue weighted by Crippen LogP contribution is -2.12. The van der Waals surface area contributed by atoms with Crippen molar-refractivity contribution >= 4 is 23.3 Å². The van der Waals surface area contributed by atoms with Gasteiger partial charge >= 0.3 is 0 Å². The first-order valence-electron chi connectivity index (χ1n) is 13.8. The van der Waals surface area contributed by atoms with E-state index in [1.165, 1.54) is 77.0 Å². The molecule has 1 N–H and O–H groups in total. The first-order valence-corrected chi connectivity index (χ1v) is 13.8. The molecule has 5 heteroatoms. The average molecular weight is 484 g/mol. The number of fused-ring (bicyclic) bond motifs is 1. The van der Waals surface area contributed by atoms with Crippen LogP contribution < -0.4 is 5.32 Å². The Labute approximate surface area is 216 Å². The zero-order valence-corrected chi connectivity index (χ0v) is 21.7. The summed E-state index contributed by atoms with van der Waals surface area (Å²) >= 11 is 0. The maximum absolute atomic E-state index is 4.98. The number of hydrogen-bond acceptors (Lipinski definition) is 4. The molecule has 5 nitrogen and oxygen atoms in total. The second-order valence-corrected chi connectivity index (χ2v) is 10.0. The molecule has 4 rings (SSSR count). The Bertz CT molecular complexity index is 1150. The molecule has 36 heavy (non-hydrogen) atoms. The largest absolute Gasteiger partial charge is 0.367 e. The van der Waals surface area contributed by atoms with Gasteiger partial charge in [-0.25, -0.2) is 9.97 Å². The van der Waals surface area contributed by atoms with Crippen LogP contribution in [0.2, 0.25) is 0 Å². The van der Waals surface area contributed by atoms with Gasteiger partial charge in [-0.3, -0.25) is 4.99 Å². The molecule has 1 fully saturated rings. The monoisotopic (exact) mass is 483 g/mol. The molecule has 0 aliphatic heterocycles. The molecule has 1 aliphatic rings. The zero-order valence-electron chi connectivity index (χ0n) is 21.7. The maximum Gasteiger partial charge on any atom is 0.180 e. The summed E-state index contributed by atoms with van der Waals surface area (Å²) in [6.07, 6.45) is 25.7. The third-order valence-electron chi connectivity index (χ3n) is 7.36. The molecular formula is C31H41N5. The van der Waals surface area contributed by atoms with Gasteiger partial charge in [0.2, 0.25) is 0 Å². The molecule has 0 bridgehead atoms. The third kappa shape index (κ3) is 7.16. The van der Waals surface area contributed by atoms with Gasteiger partial charge in [-0.1, -0.05) is 108 Å². The fourth-order valence-corrected chi connectivity index (χ4v) is 5.28. The summed E-state index contributed by atoms with van der Waals surface area (Å²) in [4.78, 5) is 13.7. The van der Waals surface area contributed by atoms with E-state index in [9.17, 15) is 0 Å². The van der Waals surface area contributed by atoms with Crippen LogP contribution in [0.15, 0.2) is 67.2 Å². The van der Waals surface area contributed by atoms with E-state index in [0.29, 0.717) is 0 Å². The van der Waals surface area contributed by atoms with E-state index < -0.39 is 0 Å². The summed E-state index contributed by atoms with van der Waals surface area (Å²) in [5.41, 5.74) is 4.54. The predicted octanol–water partition coefficient (Wildman–Crippen LogP) is 8.08. The molecular weight excluding hydrogens is 442 g/mol. The molecule has 190 valence electrons. The summed E-state index contributed by atoms with van der Waals surface area (Å²) in [6.45, 7) is 8.99. The first kappa shape index (κ1) is 25.9. The second kappa shape index (κ2) is 13.8. The minimum Gasteiger partial charge on any atom is -0.367 e. The highest BCUT2D eigenvalue weighted by atomic mass is 15.1. The lowest BCUT2D eigenvalue weighted by Gasteiger charge is -2.19. The number of hydrogen-bond donors (Lipinski definition) is 1. The Morgan fingerprint density at radius 1 is 1.03 bits per heavy atom. The molecule has 0 saturated heterocycles. The van der Waals surface area contributed by atoms with Gasteiger partial charge in [0, 0.05) is 48.7 Å². The molecule has 0 atom stereocenters. The zero-order chi connectivity index (χ0) is 25.0. The van der Waals surface area contributed by atoms with Crippen molar-refractivity contribution in [3.63, 3.8) is 0 Å². The van der Waals surface area contributed by atoms with Gasteiger partial charge in [-0.05, 0) is 17.9 Å². The van der Waals surface area contributed by atoms with Crippen LogP contribution in [0.4, 0.5) is 5.82 Å². The van der Waals surface area contributed by atoms with E-state index in [-0.39, 0.29) is 0 Å². The normalized spacial score (nSPS) is 16.4. The average Bonchev–Trinajstić information content (AvgIpc) is 3.37. The van der Waals surface area contributed by atoms with Gasteiger partial charge < -0.3 is 9.72 Å². The SMILES string of the molecule is C=CN=Cc1ccccc1C(=C)c1cn2ccnc2c(NCCC2CCCCCCCCCCC2)n1. The number of nitrogens with one attached hydrogen (secondary N) is 1. The van der Waals surface area contributed by atoms with Gasteiger partial charge in [0.05, 0.1) is 5.69 Å². The van der Waals surface area contributed by atoms with Gasteiger partial charge in [0.25, 0.3) is 0 Å². The molecule has 0 unspecified atom stereocenters. The smallest absolute Gasteiger partial charge is 0.180 e. The Balaban J connectivity index is 1.46. The van der Waals surface area contributed by atoms with Crippen LogP contribution in [0.1, 0.15) is 93.9 Å². The van der Waals surface area contributed by atoms with Crippen LogP contribution in [-0.2, 0) is 0 Å². The van der Waals surface area contributed by atoms with E-state index in [0.717, 1.165) is 46.3 Å². The molecule has 1 saturated carbocycles. The highest BCUT2D eigenvalue weighted by Crippen LogP contribution is 2.27. The van der Waals surface area contributed by atoms with E-state index in [1.807, 2.05) is 47.4 Å². The maximum atomic E-state index is 4.98. The van der Waals surface area contributed by atoms with Crippen molar-refractivity contribution in [3.05, 3.63) is 79.0 Å². The number of aliphatic imine (C=N–C) groups is 1. The Kier molecular flexibility index (Phi) is 9.89. The van der Waals surface area contributed by atoms with Crippen molar-refractivity contribution < 1.29 is 0 Å². The van der Waals surface area contributed by atoms with Crippen molar-refractivity contribution in [2.75, 3.05) is 11.9 Å². The van der Waals surface area contributed by atoms with Crippen molar-refractivity contribution in [3.8, 4) is 0 Å².